The van der Waals surface area contributed by atoms with Crippen LogP contribution in [0.25, 0.3) is 0 Å². The van der Waals surface area contributed by atoms with E-state index >= 15 is 0 Å². The predicted octanol–water partition coefficient (Wildman–Crippen LogP) is 2.30. The minimum atomic E-state index is -3.15. The number of amides is 2. The lowest BCUT2D eigenvalue weighted by Crippen LogP contribution is -2.46. The number of hydrogen-bond acceptors (Lipinski definition) is 6. The van der Waals surface area contributed by atoms with E-state index in [9.17, 15) is 18.0 Å². The SMILES string of the molecule is COc1ccc([C@H]2CCCCCN2C(=O)C2=NN([C@@H]3CCS(=O)(=O)C3)C(=O)CC2)cc1. The number of hydrogen-bond donors (Lipinski definition) is 0. The predicted molar refractivity (Wildman–Crippen MR) is 116 cm³/mol. The number of carbonyl (C=O) groups is 2. The van der Waals surface area contributed by atoms with Gasteiger partial charge in [0.05, 0.1) is 30.7 Å². The van der Waals surface area contributed by atoms with E-state index in [1.54, 1.807) is 7.11 Å². The zero-order valence-electron chi connectivity index (χ0n) is 17.8. The Morgan fingerprint density at radius 2 is 1.87 bits per heavy atom. The van der Waals surface area contributed by atoms with E-state index in [0.717, 1.165) is 37.0 Å². The molecule has 0 N–H and O–H groups in total. The fourth-order valence-electron chi connectivity index (χ4n) is 4.67. The van der Waals surface area contributed by atoms with Crippen LogP contribution in [0.15, 0.2) is 29.4 Å². The highest BCUT2D eigenvalue weighted by Gasteiger charge is 2.38. The molecule has 0 bridgehead atoms. The quantitative estimate of drug-likeness (QED) is 0.706. The van der Waals surface area contributed by atoms with Crippen LogP contribution in [0.5, 0.6) is 5.75 Å². The van der Waals surface area contributed by atoms with Gasteiger partial charge >= 0.3 is 0 Å². The molecule has 2 atom stereocenters. The Kier molecular flexibility index (Phi) is 6.31. The van der Waals surface area contributed by atoms with Gasteiger partial charge in [0.2, 0.25) is 5.91 Å². The summed E-state index contributed by atoms with van der Waals surface area (Å²) in [6.45, 7) is 0.639. The van der Waals surface area contributed by atoms with E-state index < -0.39 is 15.9 Å². The summed E-state index contributed by atoms with van der Waals surface area (Å²) in [5.41, 5.74) is 1.41. The van der Waals surface area contributed by atoms with E-state index in [4.69, 9.17) is 4.74 Å². The van der Waals surface area contributed by atoms with Crippen molar-refractivity contribution in [3.63, 3.8) is 0 Å². The number of nitrogens with zero attached hydrogens (tertiary/aromatic N) is 3. The van der Waals surface area contributed by atoms with Crippen molar-refractivity contribution in [3.8, 4) is 5.75 Å². The largest absolute Gasteiger partial charge is 0.497 e. The molecular weight excluding hydrogens is 418 g/mol. The number of rotatable bonds is 4. The third kappa shape index (κ3) is 4.76. The van der Waals surface area contributed by atoms with Crippen molar-refractivity contribution in [1.82, 2.24) is 9.91 Å². The van der Waals surface area contributed by atoms with E-state index in [1.807, 2.05) is 29.2 Å². The molecule has 0 unspecified atom stereocenters. The molecule has 0 aliphatic carbocycles. The van der Waals surface area contributed by atoms with E-state index in [-0.39, 0.29) is 35.8 Å². The van der Waals surface area contributed by atoms with Crippen molar-refractivity contribution in [2.24, 2.45) is 5.10 Å². The number of benzene rings is 1. The Hall–Kier alpha value is -2.42. The molecule has 2 fully saturated rings. The summed E-state index contributed by atoms with van der Waals surface area (Å²) in [6, 6.07) is 7.28. The molecular formula is C22H29N3O5S. The molecule has 1 aromatic carbocycles. The van der Waals surface area contributed by atoms with Crippen molar-refractivity contribution < 1.29 is 22.7 Å². The van der Waals surface area contributed by atoms with E-state index in [2.05, 4.69) is 5.10 Å². The first-order chi connectivity index (χ1) is 14.9. The van der Waals surface area contributed by atoms with Crippen LogP contribution >= 0.6 is 0 Å². The minimum Gasteiger partial charge on any atom is -0.497 e. The zero-order chi connectivity index (χ0) is 22.0. The molecule has 3 aliphatic rings. The number of sulfone groups is 1. The average molecular weight is 448 g/mol. The average Bonchev–Trinajstić information content (AvgIpc) is 2.98. The first-order valence-corrected chi connectivity index (χ1v) is 12.7. The normalized spacial score (nSPS) is 26.4. The molecule has 4 rings (SSSR count). The fraction of sp³-hybridized carbons (Fsp3) is 0.591. The molecule has 0 saturated carbocycles. The van der Waals surface area contributed by atoms with Crippen LogP contribution < -0.4 is 4.74 Å². The molecule has 3 aliphatic heterocycles. The molecule has 9 heteroatoms. The Balaban J connectivity index is 1.58. The van der Waals surface area contributed by atoms with Gasteiger partial charge in [-0.3, -0.25) is 9.59 Å². The number of ether oxygens (including phenoxy) is 1. The first-order valence-electron chi connectivity index (χ1n) is 10.9. The Morgan fingerprint density at radius 1 is 1.10 bits per heavy atom. The summed E-state index contributed by atoms with van der Waals surface area (Å²) in [5, 5.41) is 5.66. The smallest absolute Gasteiger partial charge is 0.270 e. The number of methoxy groups -OCH3 is 1. The van der Waals surface area contributed by atoms with Gasteiger partial charge in [-0.05, 0) is 37.0 Å². The highest BCUT2D eigenvalue weighted by Crippen LogP contribution is 2.32. The van der Waals surface area contributed by atoms with Crippen molar-refractivity contribution in [1.29, 1.82) is 0 Å². The minimum absolute atomic E-state index is 0.0541. The maximum Gasteiger partial charge on any atom is 0.270 e. The first kappa shape index (κ1) is 21.8. The topological polar surface area (TPSA) is 96.3 Å². The maximum absolute atomic E-state index is 13.5. The summed E-state index contributed by atoms with van der Waals surface area (Å²) in [6.07, 6.45) is 4.74. The van der Waals surface area contributed by atoms with Crippen LogP contribution in [-0.2, 0) is 19.4 Å². The molecule has 168 valence electrons. The lowest BCUT2D eigenvalue weighted by Gasteiger charge is -2.33. The van der Waals surface area contributed by atoms with Crippen LogP contribution in [0.3, 0.4) is 0 Å². The van der Waals surface area contributed by atoms with Crippen LogP contribution in [0, 0.1) is 0 Å². The van der Waals surface area contributed by atoms with Gasteiger partial charge in [0.15, 0.2) is 9.84 Å². The molecule has 0 spiro atoms. The molecule has 0 aromatic heterocycles. The Labute approximate surface area is 183 Å². The van der Waals surface area contributed by atoms with Gasteiger partial charge in [0, 0.05) is 19.4 Å². The monoisotopic (exact) mass is 447 g/mol. The molecule has 3 heterocycles. The molecule has 8 nitrogen and oxygen atoms in total. The summed E-state index contributed by atoms with van der Waals surface area (Å²) in [7, 11) is -1.53. The second-order valence-corrected chi connectivity index (χ2v) is 10.7. The lowest BCUT2D eigenvalue weighted by molar-refractivity contribution is -0.134. The Bertz CT molecular complexity index is 973. The maximum atomic E-state index is 13.5. The van der Waals surface area contributed by atoms with Crippen LogP contribution in [0.4, 0.5) is 0 Å². The second kappa shape index (κ2) is 8.98. The van der Waals surface area contributed by atoms with Gasteiger partial charge in [0.25, 0.3) is 5.91 Å². The van der Waals surface area contributed by atoms with E-state index in [1.165, 1.54) is 5.01 Å². The summed E-state index contributed by atoms with van der Waals surface area (Å²) in [5.74, 6) is 0.392. The molecule has 2 amide bonds. The number of hydrazone groups is 1. The second-order valence-electron chi connectivity index (χ2n) is 8.48. The molecule has 31 heavy (non-hydrogen) atoms. The van der Waals surface area contributed by atoms with Gasteiger partial charge in [0.1, 0.15) is 11.5 Å². The summed E-state index contributed by atoms with van der Waals surface area (Å²) in [4.78, 5) is 27.8. The highest BCUT2D eigenvalue weighted by molar-refractivity contribution is 7.91. The molecule has 0 radical (unpaired) electrons. The number of carbonyl (C=O) groups excluding carboxylic acids is 2. The Morgan fingerprint density at radius 3 is 2.55 bits per heavy atom. The van der Waals surface area contributed by atoms with Crippen LogP contribution in [-0.4, -0.2) is 67.1 Å². The third-order valence-corrected chi connectivity index (χ3v) is 8.13. The van der Waals surface area contributed by atoms with Gasteiger partial charge in [-0.1, -0.05) is 25.0 Å². The van der Waals surface area contributed by atoms with Gasteiger partial charge in [-0.2, -0.15) is 5.10 Å². The van der Waals surface area contributed by atoms with Crippen LogP contribution in [0.2, 0.25) is 0 Å². The zero-order valence-corrected chi connectivity index (χ0v) is 18.6. The number of likely N-dealkylation sites (tertiary alicyclic amines) is 1. The fourth-order valence-corrected chi connectivity index (χ4v) is 6.36. The van der Waals surface area contributed by atoms with Gasteiger partial charge in [-0.15, -0.1) is 0 Å². The molecule has 2 saturated heterocycles. The third-order valence-electron chi connectivity index (χ3n) is 6.38. The van der Waals surface area contributed by atoms with Gasteiger partial charge in [-0.25, -0.2) is 13.4 Å². The highest BCUT2D eigenvalue weighted by atomic mass is 32.2. The van der Waals surface area contributed by atoms with Crippen molar-refractivity contribution in [2.75, 3.05) is 25.2 Å². The summed E-state index contributed by atoms with van der Waals surface area (Å²) < 4.78 is 29.0. The summed E-state index contributed by atoms with van der Waals surface area (Å²) >= 11 is 0. The standard InChI is InChI=1S/C22H29N3O5S/c1-30-18-8-6-16(7-9-18)20-5-3-2-4-13-24(20)22(27)19-10-11-21(26)25(23-19)17-12-14-31(28,29)15-17/h6-9,17,20H,2-5,10-15H2,1H3/t17-,20-/m1/s1. The molecule has 1 aromatic rings. The van der Waals surface area contributed by atoms with Crippen molar-refractivity contribution in [2.45, 2.75) is 57.0 Å². The van der Waals surface area contributed by atoms with Crippen molar-refractivity contribution in [3.05, 3.63) is 29.8 Å². The van der Waals surface area contributed by atoms with Crippen molar-refractivity contribution >= 4 is 27.4 Å². The van der Waals surface area contributed by atoms with Gasteiger partial charge < -0.3 is 9.64 Å². The van der Waals surface area contributed by atoms with E-state index in [0.29, 0.717) is 25.1 Å². The van der Waals surface area contributed by atoms with Crippen LogP contribution in [0.1, 0.15) is 56.6 Å². The lowest BCUT2D eigenvalue weighted by atomic mass is 9.99.